The molecule has 0 radical (unpaired) electrons. The van der Waals surface area contributed by atoms with E-state index in [2.05, 4.69) is 4.98 Å². The number of hydrogen-bond donors (Lipinski definition) is 2. The molecule has 90 valence electrons. The molecule has 1 heterocycles. The monoisotopic (exact) mass is 233 g/mol. The van der Waals surface area contributed by atoms with Gasteiger partial charge in [0.1, 0.15) is 17.2 Å². The summed E-state index contributed by atoms with van der Waals surface area (Å²) in [6.07, 6.45) is 6.27. The Hall–Kier alpha value is -2.17. The van der Waals surface area contributed by atoms with Crippen LogP contribution in [0.4, 0.5) is 5.69 Å². The van der Waals surface area contributed by atoms with Gasteiger partial charge in [-0.05, 0) is 18.6 Å². The van der Waals surface area contributed by atoms with Crippen molar-refractivity contribution in [3.63, 3.8) is 0 Å². The number of benzene rings is 1. The van der Waals surface area contributed by atoms with Crippen molar-refractivity contribution in [3.05, 3.63) is 36.9 Å². The molecule has 3 N–H and O–H groups in total. The lowest BCUT2D eigenvalue weighted by Crippen LogP contribution is -2.04. The summed E-state index contributed by atoms with van der Waals surface area (Å²) in [5, 5.41) is 9.39. The number of imidazole rings is 1. The highest BCUT2D eigenvalue weighted by molar-refractivity contribution is 5.61. The van der Waals surface area contributed by atoms with Crippen LogP contribution in [-0.4, -0.2) is 21.3 Å². The van der Waals surface area contributed by atoms with Gasteiger partial charge in [0, 0.05) is 18.9 Å². The van der Waals surface area contributed by atoms with Crippen molar-refractivity contribution >= 4 is 5.69 Å². The Morgan fingerprint density at radius 3 is 3.06 bits per heavy atom. The molecular weight excluding hydrogens is 218 g/mol. The Labute approximate surface area is 99.5 Å². The first kappa shape index (κ1) is 11.3. The average molecular weight is 233 g/mol. The molecule has 0 aliphatic carbocycles. The zero-order valence-electron chi connectivity index (χ0n) is 9.41. The normalized spacial score (nSPS) is 10.4. The van der Waals surface area contributed by atoms with Gasteiger partial charge in [-0.1, -0.05) is 6.07 Å². The summed E-state index contributed by atoms with van der Waals surface area (Å²) in [4.78, 5) is 3.95. The summed E-state index contributed by atoms with van der Waals surface area (Å²) >= 11 is 0. The van der Waals surface area contributed by atoms with E-state index in [0.29, 0.717) is 12.4 Å². The summed E-state index contributed by atoms with van der Waals surface area (Å²) in [5.41, 5.74) is 5.96. The molecule has 2 rings (SSSR count). The fourth-order valence-electron chi connectivity index (χ4n) is 1.51. The average Bonchev–Trinajstić information content (AvgIpc) is 2.83. The molecule has 2 aromatic rings. The second-order valence-corrected chi connectivity index (χ2v) is 3.69. The van der Waals surface area contributed by atoms with Crippen molar-refractivity contribution in [1.29, 1.82) is 0 Å². The van der Waals surface area contributed by atoms with E-state index in [9.17, 15) is 5.11 Å². The number of phenols is 1. The van der Waals surface area contributed by atoms with Crippen molar-refractivity contribution in [2.45, 2.75) is 13.0 Å². The van der Waals surface area contributed by atoms with E-state index in [4.69, 9.17) is 10.5 Å². The number of aromatic nitrogens is 2. The van der Waals surface area contributed by atoms with Crippen LogP contribution in [0, 0.1) is 0 Å². The van der Waals surface area contributed by atoms with Crippen LogP contribution in [0.25, 0.3) is 0 Å². The van der Waals surface area contributed by atoms with Crippen LogP contribution >= 0.6 is 0 Å². The lowest BCUT2D eigenvalue weighted by Gasteiger charge is -2.09. The van der Waals surface area contributed by atoms with Gasteiger partial charge in [0.15, 0.2) is 0 Å². The maximum atomic E-state index is 9.39. The van der Waals surface area contributed by atoms with Crippen molar-refractivity contribution < 1.29 is 9.84 Å². The van der Waals surface area contributed by atoms with Crippen LogP contribution in [0.3, 0.4) is 0 Å². The minimum atomic E-state index is 0.0529. The second kappa shape index (κ2) is 5.25. The quantitative estimate of drug-likeness (QED) is 0.468. The van der Waals surface area contributed by atoms with Crippen LogP contribution in [0.15, 0.2) is 36.9 Å². The number of ether oxygens (including phenoxy) is 1. The van der Waals surface area contributed by atoms with Crippen LogP contribution in [0.5, 0.6) is 11.5 Å². The topological polar surface area (TPSA) is 73.3 Å². The highest BCUT2D eigenvalue weighted by Gasteiger charge is 2.03. The fourth-order valence-corrected chi connectivity index (χ4v) is 1.51. The number of nitrogen functional groups attached to an aromatic ring is 1. The molecule has 0 aliphatic rings. The summed E-state index contributed by atoms with van der Waals surface area (Å²) in [6, 6.07) is 4.98. The van der Waals surface area contributed by atoms with E-state index < -0.39 is 0 Å². The third-order valence-corrected chi connectivity index (χ3v) is 2.42. The Balaban J connectivity index is 1.80. The molecule has 0 saturated heterocycles. The Morgan fingerprint density at radius 1 is 1.41 bits per heavy atom. The molecule has 0 aliphatic heterocycles. The van der Waals surface area contributed by atoms with E-state index in [-0.39, 0.29) is 11.4 Å². The van der Waals surface area contributed by atoms with Crippen molar-refractivity contribution in [3.8, 4) is 11.5 Å². The lowest BCUT2D eigenvalue weighted by molar-refractivity contribution is 0.302. The summed E-state index contributed by atoms with van der Waals surface area (Å²) in [5.74, 6) is 0.577. The van der Waals surface area contributed by atoms with Crippen LogP contribution in [0.2, 0.25) is 0 Å². The number of anilines is 1. The zero-order valence-corrected chi connectivity index (χ0v) is 9.41. The second-order valence-electron chi connectivity index (χ2n) is 3.69. The molecule has 0 amide bonds. The number of aromatic hydroxyl groups is 1. The molecule has 0 unspecified atom stereocenters. The highest BCUT2D eigenvalue weighted by Crippen LogP contribution is 2.29. The first-order valence-electron chi connectivity index (χ1n) is 5.43. The smallest absolute Gasteiger partial charge is 0.145 e. The van der Waals surface area contributed by atoms with Gasteiger partial charge in [-0.25, -0.2) is 4.98 Å². The van der Waals surface area contributed by atoms with Gasteiger partial charge >= 0.3 is 0 Å². The molecule has 0 fully saturated rings. The number of aryl methyl sites for hydroxylation is 1. The number of rotatable bonds is 5. The van der Waals surface area contributed by atoms with E-state index in [1.165, 1.54) is 6.07 Å². The third kappa shape index (κ3) is 2.90. The fraction of sp³-hybridized carbons (Fsp3) is 0.250. The van der Waals surface area contributed by atoms with Crippen LogP contribution in [-0.2, 0) is 6.54 Å². The molecule has 17 heavy (non-hydrogen) atoms. The maximum absolute atomic E-state index is 9.39. The van der Waals surface area contributed by atoms with Gasteiger partial charge < -0.3 is 20.1 Å². The lowest BCUT2D eigenvalue weighted by atomic mass is 10.3. The Bertz CT molecular complexity index is 469. The first-order chi connectivity index (χ1) is 8.27. The number of hydrogen-bond acceptors (Lipinski definition) is 4. The highest BCUT2D eigenvalue weighted by atomic mass is 16.5. The molecule has 5 heteroatoms. The number of nitrogens with zero attached hydrogens (tertiary/aromatic N) is 2. The van der Waals surface area contributed by atoms with E-state index in [1.807, 2.05) is 10.8 Å². The van der Waals surface area contributed by atoms with Gasteiger partial charge in [0.25, 0.3) is 0 Å². The summed E-state index contributed by atoms with van der Waals surface area (Å²) in [6.45, 7) is 1.39. The largest absolute Gasteiger partial charge is 0.506 e. The van der Waals surface area contributed by atoms with Crippen molar-refractivity contribution in [1.82, 2.24) is 9.55 Å². The zero-order chi connectivity index (χ0) is 12.1. The number of nitrogens with two attached hydrogens (primary N) is 1. The summed E-state index contributed by atoms with van der Waals surface area (Å²) in [7, 11) is 0. The number of para-hydroxylation sites is 1. The third-order valence-electron chi connectivity index (χ3n) is 2.42. The van der Waals surface area contributed by atoms with Gasteiger partial charge in [0.05, 0.1) is 12.9 Å². The maximum Gasteiger partial charge on any atom is 0.145 e. The number of phenolic OH excluding ortho intramolecular Hbond substituents is 1. The SMILES string of the molecule is Nc1c(O)cccc1OCCCn1ccnc1. The molecular formula is C12H15N3O2. The minimum absolute atomic E-state index is 0.0529. The van der Waals surface area contributed by atoms with E-state index in [1.54, 1.807) is 24.7 Å². The molecule has 0 bridgehead atoms. The minimum Gasteiger partial charge on any atom is -0.506 e. The van der Waals surface area contributed by atoms with Gasteiger partial charge in [-0.15, -0.1) is 0 Å². The molecule has 0 atom stereocenters. The van der Waals surface area contributed by atoms with E-state index >= 15 is 0 Å². The molecule has 1 aromatic heterocycles. The predicted octanol–water partition coefficient (Wildman–Crippen LogP) is 1.64. The molecule has 0 spiro atoms. The van der Waals surface area contributed by atoms with Crippen LogP contribution < -0.4 is 10.5 Å². The van der Waals surface area contributed by atoms with Gasteiger partial charge in [-0.3, -0.25) is 0 Å². The molecule has 5 nitrogen and oxygen atoms in total. The van der Waals surface area contributed by atoms with Gasteiger partial charge in [0.2, 0.25) is 0 Å². The Kier molecular flexibility index (Phi) is 3.49. The Morgan fingerprint density at radius 2 is 2.29 bits per heavy atom. The first-order valence-corrected chi connectivity index (χ1v) is 5.43. The van der Waals surface area contributed by atoms with Crippen molar-refractivity contribution in [2.75, 3.05) is 12.3 Å². The predicted molar refractivity (Wildman–Crippen MR) is 64.9 cm³/mol. The van der Waals surface area contributed by atoms with E-state index in [0.717, 1.165) is 13.0 Å². The standard InChI is InChI=1S/C12H15N3O2/c13-12-10(16)3-1-4-11(12)17-8-2-6-15-7-5-14-9-15/h1,3-5,7,9,16H,2,6,8,13H2. The van der Waals surface area contributed by atoms with Gasteiger partial charge in [-0.2, -0.15) is 0 Å². The van der Waals surface area contributed by atoms with Crippen molar-refractivity contribution in [2.24, 2.45) is 0 Å². The summed E-state index contributed by atoms with van der Waals surface area (Å²) < 4.78 is 7.48. The molecule has 1 aromatic carbocycles. The van der Waals surface area contributed by atoms with Crippen LogP contribution in [0.1, 0.15) is 6.42 Å². The molecule has 0 saturated carbocycles.